The Hall–Kier alpha value is -0.770. The lowest BCUT2D eigenvalue weighted by Gasteiger charge is -2.13. The number of rotatable bonds is 7. The van der Waals surface area contributed by atoms with Crippen molar-refractivity contribution in [3.8, 4) is 0 Å². The molecule has 0 saturated heterocycles. The Labute approximate surface area is 93.0 Å². The number of hydrogen-bond acceptors (Lipinski definition) is 2. The Morgan fingerprint density at radius 3 is 2.53 bits per heavy atom. The van der Waals surface area contributed by atoms with Crippen molar-refractivity contribution in [3.63, 3.8) is 0 Å². The first-order valence-corrected chi connectivity index (χ1v) is 5.77. The highest BCUT2D eigenvalue weighted by Crippen LogP contribution is 2.10. The highest BCUT2D eigenvalue weighted by Gasteiger charge is 2.06. The fourth-order valence-corrected chi connectivity index (χ4v) is 1.49. The van der Waals surface area contributed by atoms with Crippen LogP contribution in [0.4, 0.5) is 0 Å². The maximum atomic E-state index is 8.88. The van der Waals surface area contributed by atoms with Crippen LogP contribution >= 0.6 is 0 Å². The zero-order chi connectivity index (χ0) is 11.7. The Bertz CT molecular complexity index is 175. The molecule has 0 amide bonds. The molecule has 0 aromatic rings. The van der Waals surface area contributed by atoms with Crippen molar-refractivity contribution in [1.29, 1.82) is 0 Å². The van der Waals surface area contributed by atoms with Gasteiger partial charge in [-0.15, -0.1) is 0 Å². The largest absolute Gasteiger partial charge is 0.396 e. The molecule has 4 nitrogen and oxygen atoms in total. The smallest absolute Gasteiger partial charge is 0.188 e. The van der Waals surface area contributed by atoms with Gasteiger partial charge in [-0.3, -0.25) is 4.99 Å². The van der Waals surface area contributed by atoms with Crippen molar-refractivity contribution in [2.24, 2.45) is 16.6 Å². The number of aliphatic hydroxyl groups is 1. The monoisotopic (exact) mass is 215 g/mol. The molecule has 0 aliphatic heterocycles. The summed E-state index contributed by atoms with van der Waals surface area (Å²) in [7, 11) is 0. The van der Waals surface area contributed by atoms with Gasteiger partial charge in [0.05, 0.1) is 0 Å². The van der Waals surface area contributed by atoms with E-state index in [1.54, 1.807) is 0 Å². The maximum Gasteiger partial charge on any atom is 0.188 e. The van der Waals surface area contributed by atoms with E-state index >= 15 is 0 Å². The summed E-state index contributed by atoms with van der Waals surface area (Å²) in [6.07, 6.45) is 3.03. The Balaban J connectivity index is 3.94. The van der Waals surface area contributed by atoms with Crippen LogP contribution in [0.5, 0.6) is 0 Å². The van der Waals surface area contributed by atoms with Crippen molar-refractivity contribution >= 4 is 5.96 Å². The molecule has 0 radical (unpaired) electrons. The molecule has 0 fully saturated rings. The number of guanidine groups is 1. The molecular weight excluding hydrogens is 190 g/mol. The van der Waals surface area contributed by atoms with Crippen LogP contribution in [0.3, 0.4) is 0 Å². The van der Waals surface area contributed by atoms with Gasteiger partial charge in [-0.05, 0) is 32.6 Å². The summed E-state index contributed by atoms with van der Waals surface area (Å²) in [5.41, 5.74) is 5.69. The second kappa shape index (κ2) is 8.53. The normalized spacial score (nSPS) is 14.3. The van der Waals surface area contributed by atoms with Crippen molar-refractivity contribution in [2.75, 3.05) is 13.2 Å². The lowest BCUT2D eigenvalue weighted by molar-refractivity contribution is 0.253. The molecule has 0 bridgehead atoms. The number of aliphatic imine (C=N–C) groups is 1. The topological polar surface area (TPSA) is 70.6 Å². The lowest BCUT2D eigenvalue weighted by atomic mass is 10.0. The van der Waals surface area contributed by atoms with E-state index < -0.39 is 0 Å². The number of nitrogens with zero attached hydrogens (tertiary/aromatic N) is 1. The SMILES string of the molecule is CCCC(CCO)CN=C(N)NC(C)C. The number of nitrogens with two attached hydrogens (primary N) is 1. The van der Waals surface area contributed by atoms with E-state index in [9.17, 15) is 0 Å². The van der Waals surface area contributed by atoms with Crippen LogP contribution in [-0.4, -0.2) is 30.3 Å². The number of hydrogen-bond donors (Lipinski definition) is 3. The van der Waals surface area contributed by atoms with E-state index in [1.165, 1.54) is 0 Å². The molecule has 0 heterocycles. The lowest BCUT2D eigenvalue weighted by Crippen LogP contribution is -2.37. The minimum atomic E-state index is 0.234. The molecule has 4 N–H and O–H groups in total. The minimum Gasteiger partial charge on any atom is -0.396 e. The molecule has 0 aliphatic carbocycles. The Morgan fingerprint density at radius 2 is 2.07 bits per heavy atom. The number of aliphatic hydroxyl groups excluding tert-OH is 1. The predicted octanol–water partition coefficient (Wildman–Crippen LogP) is 1.10. The molecular formula is C11H25N3O. The second-order valence-electron chi connectivity index (χ2n) is 4.19. The van der Waals surface area contributed by atoms with Crippen LogP contribution in [0.2, 0.25) is 0 Å². The molecule has 4 heteroatoms. The van der Waals surface area contributed by atoms with E-state index in [4.69, 9.17) is 10.8 Å². The fourth-order valence-electron chi connectivity index (χ4n) is 1.49. The van der Waals surface area contributed by atoms with Gasteiger partial charge in [0, 0.05) is 19.2 Å². The minimum absolute atomic E-state index is 0.234. The maximum absolute atomic E-state index is 8.88. The van der Waals surface area contributed by atoms with Gasteiger partial charge in [-0.1, -0.05) is 13.3 Å². The molecule has 0 aromatic heterocycles. The third-order valence-electron chi connectivity index (χ3n) is 2.19. The molecule has 0 rings (SSSR count). The van der Waals surface area contributed by atoms with E-state index in [0.717, 1.165) is 19.3 Å². The Kier molecular flexibility index (Phi) is 8.09. The fraction of sp³-hybridized carbons (Fsp3) is 0.909. The summed E-state index contributed by atoms with van der Waals surface area (Å²) in [5, 5.41) is 11.9. The average Bonchev–Trinajstić information content (AvgIpc) is 2.14. The molecule has 1 unspecified atom stereocenters. The molecule has 90 valence electrons. The quantitative estimate of drug-likeness (QED) is 0.440. The second-order valence-corrected chi connectivity index (χ2v) is 4.19. The van der Waals surface area contributed by atoms with Crippen LogP contribution in [0.25, 0.3) is 0 Å². The predicted molar refractivity (Wildman–Crippen MR) is 64.9 cm³/mol. The van der Waals surface area contributed by atoms with Crippen molar-refractivity contribution in [2.45, 2.75) is 46.1 Å². The summed E-state index contributed by atoms with van der Waals surface area (Å²) in [5.74, 6) is 0.955. The average molecular weight is 215 g/mol. The van der Waals surface area contributed by atoms with E-state index in [0.29, 0.717) is 24.5 Å². The summed E-state index contributed by atoms with van der Waals surface area (Å²) < 4.78 is 0. The highest BCUT2D eigenvalue weighted by atomic mass is 16.3. The van der Waals surface area contributed by atoms with Crippen LogP contribution in [0, 0.1) is 5.92 Å². The van der Waals surface area contributed by atoms with Gasteiger partial charge in [0.25, 0.3) is 0 Å². The van der Waals surface area contributed by atoms with Gasteiger partial charge in [0.2, 0.25) is 0 Å². The summed E-state index contributed by atoms with van der Waals surface area (Å²) >= 11 is 0. The zero-order valence-electron chi connectivity index (χ0n) is 10.2. The summed E-state index contributed by atoms with van der Waals surface area (Å²) in [6, 6.07) is 0.316. The standard InChI is InChI=1S/C11H25N3O/c1-4-5-10(6-7-15)8-13-11(12)14-9(2)3/h9-10,15H,4-8H2,1-3H3,(H3,12,13,14). The van der Waals surface area contributed by atoms with Crippen LogP contribution in [0.15, 0.2) is 4.99 Å². The van der Waals surface area contributed by atoms with E-state index in [2.05, 4.69) is 17.2 Å². The van der Waals surface area contributed by atoms with Gasteiger partial charge in [0.15, 0.2) is 5.96 Å². The zero-order valence-corrected chi connectivity index (χ0v) is 10.2. The van der Waals surface area contributed by atoms with Gasteiger partial charge >= 0.3 is 0 Å². The first kappa shape index (κ1) is 14.2. The first-order valence-electron chi connectivity index (χ1n) is 5.77. The van der Waals surface area contributed by atoms with E-state index in [-0.39, 0.29) is 6.61 Å². The molecule has 1 atom stereocenters. The van der Waals surface area contributed by atoms with E-state index in [1.807, 2.05) is 13.8 Å². The third-order valence-corrected chi connectivity index (χ3v) is 2.19. The molecule has 0 aromatic carbocycles. The van der Waals surface area contributed by atoms with Crippen LogP contribution in [-0.2, 0) is 0 Å². The Morgan fingerprint density at radius 1 is 1.40 bits per heavy atom. The molecule has 15 heavy (non-hydrogen) atoms. The van der Waals surface area contributed by atoms with Crippen molar-refractivity contribution in [3.05, 3.63) is 0 Å². The van der Waals surface area contributed by atoms with Gasteiger partial charge < -0.3 is 16.2 Å². The number of nitrogens with one attached hydrogen (secondary N) is 1. The van der Waals surface area contributed by atoms with Crippen molar-refractivity contribution in [1.82, 2.24) is 5.32 Å². The van der Waals surface area contributed by atoms with Gasteiger partial charge in [0.1, 0.15) is 0 Å². The third kappa shape index (κ3) is 8.24. The van der Waals surface area contributed by atoms with Gasteiger partial charge in [-0.25, -0.2) is 0 Å². The summed E-state index contributed by atoms with van der Waals surface area (Å²) in [4.78, 5) is 4.27. The molecule has 0 spiro atoms. The molecule has 0 saturated carbocycles. The molecule has 0 aliphatic rings. The highest BCUT2D eigenvalue weighted by molar-refractivity contribution is 5.78. The van der Waals surface area contributed by atoms with Gasteiger partial charge in [-0.2, -0.15) is 0 Å². The van der Waals surface area contributed by atoms with Crippen LogP contribution in [0.1, 0.15) is 40.0 Å². The first-order chi connectivity index (χ1) is 7.10. The summed E-state index contributed by atoms with van der Waals surface area (Å²) in [6.45, 7) is 7.14. The van der Waals surface area contributed by atoms with Crippen LogP contribution < -0.4 is 11.1 Å². The van der Waals surface area contributed by atoms with Crippen molar-refractivity contribution < 1.29 is 5.11 Å².